The van der Waals surface area contributed by atoms with Gasteiger partial charge in [-0.25, -0.2) is 0 Å². The maximum Gasteiger partial charge on any atom is 0.219 e. The summed E-state index contributed by atoms with van der Waals surface area (Å²) in [6.45, 7) is 10.7. The molecule has 0 aromatic heterocycles. The van der Waals surface area contributed by atoms with Crippen LogP contribution in [-0.4, -0.2) is 5.91 Å². The molecule has 17 heavy (non-hydrogen) atoms. The average Bonchev–Trinajstić information content (AvgIpc) is 2.40. The predicted octanol–water partition coefficient (Wildman–Crippen LogP) is 4.16. The molecule has 0 heterocycles. The number of carbonyl (C=O) groups is 1. The van der Waals surface area contributed by atoms with Gasteiger partial charge >= 0.3 is 0 Å². The number of hydrogen-bond donors (Lipinski definition) is 1. The van der Waals surface area contributed by atoms with E-state index < -0.39 is 0 Å². The summed E-state index contributed by atoms with van der Waals surface area (Å²) < 4.78 is 0. The van der Waals surface area contributed by atoms with Crippen LogP contribution in [0, 0.1) is 0 Å². The van der Waals surface area contributed by atoms with Crippen LogP contribution >= 0.6 is 0 Å². The second kappa shape index (κ2) is 14.7. The van der Waals surface area contributed by atoms with Gasteiger partial charge in [0.2, 0.25) is 5.91 Å². The van der Waals surface area contributed by atoms with Crippen molar-refractivity contribution in [2.45, 2.75) is 54.0 Å². The minimum atomic E-state index is 0.0962. The molecule has 1 N–H and O–H groups in total. The Kier molecular flexibility index (Phi) is 15.6. The molecule has 0 aliphatic carbocycles. The second-order valence-corrected chi connectivity index (χ2v) is 3.32. The molecular weight excluding hydrogens is 210 g/mol. The molecule has 0 unspecified atom stereocenters. The maximum atomic E-state index is 10.9. The number of benzene rings is 1. The molecule has 0 fully saturated rings. The van der Waals surface area contributed by atoms with Gasteiger partial charge in [-0.1, -0.05) is 71.4 Å². The van der Waals surface area contributed by atoms with Crippen molar-refractivity contribution >= 4 is 5.91 Å². The fourth-order valence-electron chi connectivity index (χ4n) is 0.922. The molecule has 0 saturated carbocycles. The lowest BCUT2D eigenvalue weighted by Crippen LogP contribution is -2.21. The van der Waals surface area contributed by atoms with E-state index in [9.17, 15) is 4.79 Å². The SMILES string of the molecule is CC.CCC.CCC(=O)NCc1ccccc1. The highest BCUT2D eigenvalue weighted by Gasteiger charge is 1.95. The minimum Gasteiger partial charge on any atom is -0.352 e. The summed E-state index contributed by atoms with van der Waals surface area (Å²) in [6, 6.07) is 9.89. The second-order valence-electron chi connectivity index (χ2n) is 3.32. The lowest BCUT2D eigenvalue weighted by molar-refractivity contribution is -0.120. The molecule has 0 bridgehead atoms. The van der Waals surface area contributed by atoms with E-state index in [1.165, 1.54) is 6.42 Å². The highest BCUT2D eigenvalue weighted by Crippen LogP contribution is 1.96. The zero-order chi connectivity index (χ0) is 13.5. The van der Waals surface area contributed by atoms with Crippen LogP contribution < -0.4 is 5.32 Å². The Labute approximate surface area is 106 Å². The van der Waals surface area contributed by atoms with Gasteiger partial charge in [-0.2, -0.15) is 0 Å². The lowest BCUT2D eigenvalue weighted by Gasteiger charge is -2.02. The fraction of sp³-hybridized carbons (Fsp3) is 0.533. The number of carbonyl (C=O) groups excluding carboxylic acids is 1. The van der Waals surface area contributed by atoms with E-state index >= 15 is 0 Å². The van der Waals surface area contributed by atoms with Crippen LogP contribution in [0.25, 0.3) is 0 Å². The minimum absolute atomic E-state index is 0.0962. The third kappa shape index (κ3) is 12.6. The largest absolute Gasteiger partial charge is 0.352 e. The Morgan fingerprint density at radius 1 is 1.06 bits per heavy atom. The molecule has 0 radical (unpaired) electrons. The molecule has 1 aromatic rings. The first-order valence-corrected chi connectivity index (χ1v) is 6.55. The van der Waals surface area contributed by atoms with E-state index in [0.717, 1.165) is 5.56 Å². The van der Waals surface area contributed by atoms with Gasteiger partial charge in [-0.3, -0.25) is 4.79 Å². The monoisotopic (exact) mass is 237 g/mol. The molecular formula is C15H27NO. The zero-order valence-electron chi connectivity index (χ0n) is 11.9. The molecule has 0 aliphatic heterocycles. The van der Waals surface area contributed by atoms with Crippen LogP contribution in [0.3, 0.4) is 0 Å². The van der Waals surface area contributed by atoms with Crippen molar-refractivity contribution in [3.05, 3.63) is 35.9 Å². The molecule has 0 atom stereocenters. The van der Waals surface area contributed by atoms with Crippen molar-refractivity contribution in [3.63, 3.8) is 0 Å². The van der Waals surface area contributed by atoms with E-state index in [2.05, 4.69) is 19.2 Å². The third-order valence-corrected chi connectivity index (χ3v) is 1.65. The normalized spacial score (nSPS) is 8.06. The summed E-state index contributed by atoms with van der Waals surface area (Å²) in [5.41, 5.74) is 1.14. The predicted molar refractivity (Wildman–Crippen MR) is 75.9 cm³/mol. The van der Waals surface area contributed by atoms with E-state index in [4.69, 9.17) is 0 Å². The molecule has 1 aromatic carbocycles. The van der Waals surface area contributed by atoms with Gasteiger partial charge < -0.3 is 5.32 Å². The van der Waals surface area contributed by atoms with Crippen molar-refractivity contribution in [1.29, 1.82) is 0 Å². The highest BCUT2D eigenvalue weighted by molar-refractivity contribution is 5.75. The van der Waals surface area contributed by atoms with E-state index in [1.807, 2.05) is 51.1 Å². The topological polar surface area (TPSA) is 29.1 Å². The standard InChI is InChI=1S/C10H13NO.C3H8.C2H6/c1-2-10(12)11-8-9-6-4-3-5-7-9;1-3-2;1-2/h3-7H,2,8H2,1H3,(H,11,12);3H2,1-2H3;1-2H3. The van der Waals surface area contributed by atoms with Crippen molar-refractivity contribution in [3.8, 4) is 0 Å². The smallest absolute Gasteiger partial charge is 0.219 e. The summed E-state index contributed by atoms with van der Waals surface area (Å²) in [5.74, 6) is 0.0962. The van der Waals surface area contributed by atoms with Gasteiger partial charge in [-0.05, 0) is 5.56 Å². The molecule has 2 heteroatoms. The van der Waals surface area contributed by atoms with Crippen molar-refractivity contribution in [1.82, 2.24) is 5.32 Å². The third-order valence-electron chi connectivity index (χ3n) is 1.65. The first-order valence-electron chi connectivity index (χ1n) is 6.55. The molecule has 1 amide bonds. The van der Waals surface area contributed by atoms with Gasteiger partial charge in [0.15, 0.2) is 0 Å². The molecule has 0 saturated heterocycles. The van der Waals surface area contributed by atoms with Gasteiger partial charge in [-0.15, -0.1) is 0 Å². The quantitative estimate of drug-likeness (QED) is 0.840. The Hall–Kier alpha value is -1.31. The fourth-order valence-corrected chi connectivity index (χ4v) is 0.922. The van der Waals surface area contributed by atoms with Crippen LogP contribution in [0.1, 0.15) is 53.0 Å². The van der Waals surface area contributed by atoms with Crippen LogP contribution in [0.4, 0.5) is 0 Å². The van der Waals surface area contributed by atoms with Crippen LogP contribution in [0.15, 0.2) is 30.3 Å². The Balaban J connectivity index is 0. The summed E-state index contributed by atoms with van der Waals surface area (Å²) in [5, 5.41) is 2.81. The van der Waals surface area contributed by atoms with Gasteiger partial charge in [0.1, 0.15) is 0 Å². The zero-order valence-corrected chi connectivity index (χ0v) is 11.9. The summed E-state index contributed by atoms with van der Waals surface area (Å²) in [6.07, 6.45) is 1.80. The molecule has 2 nitrogen and oxygen atoms in total. The molecule has 98 valence electrons. The molecule has 1 rings (SSSR count). The molecule has 0 aliphatic rings. The van der Waals surface area contributed by atoms with Gasteiger partial charge in [0.25, 0.3) is 0 Å². The number of amides is 1. The first kappa shape index (κ1) is 18.1. The average molecular weight is 237 g/mol. The highest BCUT2D eigenvalue weighted by atomic mass is 16.1. The molecule has 0 spiro atoms. The maximum absolute atomic E-state index is 10.9. The Morgan fingerprint density at radius 2 is 1.53 bits per heavy atom. The Morgan fingerprint density at radius 3 is 1.94 bits per heavy atom. The summed E-state index contributed by atoms with van der Waals surface area (Å²) in [4.78, 5) is 10.9. The Bertz CT molecular complexity index is 257. The van der Waals surface area contributed by atoms with Crippen molar-refractivity contribution < 1.29 is 4.79 Å². The first-order chi connectivity index (χ1) is 8.24. The van der Waals surface area contributed by atoms with Crippen molar-refractivity contribution in [2.24, 2.45) is 0 Å². The van der Waals surface area contributed by atoms with Crippen LogP contribution in [0.5, 0.6) is 0 Å². The number of hydrogen-bond acceptors (Lipinski definition) is 1. The van der Waals surface area contributed by atoms with Gasteiger partial charge in [0, 0.05) is 13.0 Å². The van der Waals surface area contributed by atoms with E-state index in [1.54, 1.807) is 0 Å². The van der Waals surface area contributed by atoms with E-state index in [0.29, 0.717) is 13.0 Å². The van der Waals surface area contributed by atoms with Crippen molar-refractivity contribution in [2.75, 3.05) is 0 Å². The number of rotatable bonds is 3. The summed E-state index contributed by atoms with van der Waals surface area (Å²) in [7, 11) is 0. The summed E-state index contributed by atoms with van der Waals surface area (Å²) >= 11 is 0. The number of nitrogens with one attached hydrogen (secondary N) is 1. The van der Waals surface area contributed by atoms with Gasteiger partial charge in [0.05, 0.1) is 0 Å². The van der Waals surface area contributed by atoms with Crippen LogP contribution in [0.2, 0.25) is 0 Å². The lowest BCUT2D eigenvalue weighted by atomic mass is 10.2. The van der Waals surface area contributed by atoms with Crippen LogP contribution in [-0.2, 0) is 11.3 Å². The van der Waals surface area contributed by atoms with E-state index in [-0.39, 0.29) is 5.91 Å².